The van der Waals surface area contributed by atoms with E-state index in [1.54, 1.807) is 6.07 Å². The fourth-order valence-electron chi connectivity index (χ4n) is 1.81. The van der Waals surface area contributed by atoms with Crippen molar-refractivity contribution < 1.29 is 9.26 Å². The van der Waals surface area contributed by atoms with E-state index in [9.17, 15) is 0 Å². The van der Waals surface area contributed by atoms with E-state index in [2.05, 4.69) is 26.5 Å². The first kappa shape index (κ1) is 11.4. The number of aromatic nitrogens is 1. The Hall–Kier alpha value is -1.07. The molecule has 16 heavy (non-hydrogen) atoms. The first-order valence-electron chi connectivity index (χ1n) is 5.79. The van der Waals surface area contributed by atoms with Crippen LogP contribution in [0.5, 0.6) is 5.88 Å². The Balaban J connectivity index is 1.55. The normalized spacial score (nSPS) is 18.8. The Morgan fingerprint density at radius 2 is 2.19 bits per heavy atom. The lowest BCUT2D eigenvalue weighted by atomic mass is 10.3. The fraction of sp³-hybridized carbons (Fsp3) is 0.727. The zero-order chi connectivity index (χ0) is 11.2. The molecule has 1 aromatic heterocycles. The molecule has 5 nitrogen and oxygen atoms in total. The third-order valence-corrected chi connectivity index (χ3v) is 2.88. The minimum Gasteiger partial charge on any atom is -0.475 e. The van der Waals surface area contributed by atoms with Crippen LogP contribution < -0.4 is 4.74 Å². The van der Waals surface area contributed by atoms with E-state index >= 15 is 0 Å². The summed E-state index contributed by atoms with van der Waals surface area (Å²) in [6.07, 6.45) is 2.56. The smallest absolute Gasteiger partial charge is 0.253 e. The van der Waals surface area contributed by atoms with Crippen molar-refractivity contribution in [2.24, 2.45) is 0 Å². The summed E-state index contributed by atoms with van der Waals surface area (Å²) in [6.45, 7) is 6.49. The van der Waals surface area contributed by atoms with Gasteiger partial charge in [-0.15, -0.1) is 0 Å². The molecule has 0 aromatic carbocycles. The highest BCUT2D eigenvalue weighted by Crippen LogP contribution is 2.05. The number of hydrogen-bond donors (Lipinski definition) is 0. The Kier molecular flexibility index (Phi) is 4.18. The van der Waals surface area contributed by atoms with Crippen LogP contribution in [0.3, 0.4) is 0 Å². The summed E-state index contributed by atoms with van der Waals surface area (Å²) in [5.74, 6) is 0.582. The van der Waals surface area contributed by atoms with E-state index in [4.69, 9.17) is 4.74 Å². The Labute approximate surface area is 95.9 Å². The average Bonchev–Trinajstić information content (AvgIpc) is 2.80. The minimum atomic E-state index is 0.582. The van der Waals surface area contributed by atoms with Gasteiger partial charge in [0.1, 0.15) is 6.26 Å². The summed E-state index contributed by atoms with van der Waals surface area (Å²) in [6, 6.07) is 1.73. The van der Waals surface area contributed by atoms with Crippen LogP contribution in [0.2, 0.25) is 0 Å². The average molecular weight is 225 g/mol. The topological polar surface area (TPSA) is 41.7 Å². The second kappa shape index (κ2) is 5.86. The minimum absolute atomic E-state index is 0.582. The molecule has 1 aliphatic heterocycles. The van der Waals surface area contributed by atoms with Crippen LogP contribution in [0.4, 0.5) is 0 Å². The molecule has 1 fully saturated rings. The van der Waals surface area contributed by atoms with E-state index in [1.807, 2.05) is 0 Å². The van der Waals surface area contributed by atoms with E-state index in [-0.39, 0.29) is 0 Å². The Morgan fingerprint density at radius 1 is 1.38 bits per heavy atom. The molecular formula is C11H19N3O2. The molecule has 0 amide bonds. The van der Waals surface area contributed by atoms with Gasteiger partial charge in [0.15, 0.2) is 0 Å². The zero-order valence-electron chi connectivity index (χ0n) is 9.76. The highest BCUT2D eigenvalue weighted by Gasteiger charge is 2.12. The summed E-state index contributed by atoms with van der Waals surface area (Å²) >= 11 is 0. The van der Waals surface area contributed by atoms with Crippen LogP contribution in [-0.4, -0.2) is 61.3 Å². The van der Waals surface area contributed by atoms with E-state index in [0.29, 0.717) is 12.5 Å². The van der Waals surface area contributed by atoms with Crippen LogP contribution in [0, 0.1) is 0 Å². The van der Waals surface area contributed by atoms with Crippen molar-refractivity contribution in [3.05, 3.63) is 12.3 Å². The van der Waals surface area contributed by atoms with Gasteiger partial charge in [-0.2, -0.15) is 0 Å². The molecule has 0 radical (unpaired) electrons. The summed E-state index contributed by atoms with van der Waals surface area (Å²) in [7, 11) is 2.17. The van der Waals surface area contributed by atoms with E-state index in [0.717, 1.165) is 13.0 Å². The first-order chi connectivity index (χ1) is 7.84. The molecule has 0 atom stereocenters. The molecule has 1 aliphatic rings. The van der Waals surface area contributed by atoms with Gasteiger partial charge in [0, 0.05) is 38.8 Å². The molecule has 1 aromatic rings. The molecule has 0 bridgehead atoms. The largest absolute Gasteiger partial charge is 0.475 e. The van der Waals surface area contributed by atoms with Crippen molar-refractivity contribution in [1.29, 1.82) is 0 Å². The molecular weight excluding hydrogens is 206 g/mol. The van der Waals surface area contributed by atoms with Crippen molar-refractivity contribution in [3.63, 3.8) is 0 Å². The van der Waals surface area contributed by atoms with E-state index < -0.39 is 0 Å². The van der Waals surface area contributed by atoms with Gasteiger partial charge in [-0.1, -0.05) is 0 Å². The van der Waals surface area contributed by atoms with Gasteiger partial charge < -0.3 is 19.1 Å². The molecule has 90 valence electrons. The second-order valence-corrected chi connectivity index (χ2v) is 4.18. The maximum Gasteiger partial charge on any atom is 0.253 e. The van der Waals surface area contributed by atoms with Crippen LogP contribution >= 0.6 is 0 Å². The molecule has 1 saturated heterocycles. The van der Waals surface area contributed by atoms with Gasteiger partial charge in [0.2, 0.25) is 0 Å². The predicted molar refractivity (Wildman–Crippen MR) is 60.6 cm³/mol. The quantitative estimate of drug-likeness (QED) is 0.690. The predicted octanol–water partition coefficient (Wildman–Crippen LogP) is 0.691. The highest BCUT2D eigenvalue weighted by molar-refractivity contribution is 5.01. The fourth-order valence-corrected chi connectivity index (χ4v) is 1.81. The number of rotatable bonds is 5. The SMILES string of the molecule is CN1CCN(CCCOc2ccon2)CC1. The lowest BCUT2D eigenvalue weighted by Gasteiger charge is -2.32. The van der Waals surface area contributed by atoms with Crippen LogP contribution in [0.1, 0.15) is 6.42 Å². The van der Waals surface area contributed by atoms with Crippen molar-refractivity contribution in [2.75, 3.05) is 46.4 Å². The molecule has 0 N–H and O–H groups in total. The Bertz CT molecular complexity index is 281. The third-order valence-electron chi connectivity index (χ3n) is 2.88. The summed E-state index contributed by atoms with van der Waals surface area (Å²) in [5, 5.41) is 3.69. The molecule has 5 heteroatoms. The van der Waals surface area contributed by atoms with Crippen LogP contribution in [0.15, 0.2) is 16.9 Å². The van der Waals surface area contributed by atoms with Crippen molar-refractivity contribution in [1.82, 2.24) is 15.0 Å². The monoisotopic (exact) mass is 225 g/mol. The molecule has 0 spiro atoms. The highest BCUT2D eigenvalue weighted by atomic mass is 16.5. The number of ether oxygens (including phenoxy) is 1. The molecule has 2 rings (SSSR count). The van der Waals surface area contributed by atoms with Gasteiger partial charge in [-0.3, -0.25) is 0 Å². The standard InChI is InChI=1S/C11H19N3O2/c1-13-5-7-14(8-6-13)4-2-9-15-11-3-10-16-12-11/h3,10H,2,4-9H2,1H3. The molecule has 0 saturated carbocycles. The van der Waals surface area contributed by atoms with E-state index in [1.165, 1.54) is 32.4 Å². The van der Waals surface area contributed by atoms with Gasteiger partial charge in [-0.05, 0) is 18.6 Å². The zero-order valence-corrected chi connectivity index (χ0v) is 9.76. The maximum atomic E-state index is 5.42. The number of likely N-dealkylation sites (N-methyl/N-ethyl adjacent to an activating group) is 1. The third kappa shape index (κ3) is 3.50. The lowest BCUT2D eigenvalue weighted by molar-refractivity contribution is 0.144. The van der Waals surface area contributed by atoms with Crippen molar-refractivity contribution in [3.8, 4) is 5.88 Å². The van der Waals surface area contributed by atoms with Crippen molar-refractivity contribution in [2.45, 2.75) is 6.42 Å². The van der Waals surface area contributed by atoms with Gasteiger partial charge in [0.05, 0.1) is 6.61 Å². The second-order valence-electron chi connectivity index (χ2n) is 4.18. The summed E-state index contributed by atoms with van der Waals surface area (Å²) in [5.41, 5.74) is 0. The molecule has 2 heterocycles. The van der Waals surface area contributed by atoms with Gasteiger partial charge >= 0.3 is 0 Å². The van der Waals surface area contributed by atoms with Crippen LogP contribution in [0.25, 0.3) is 0 Å². The molecule has 0 aliphatic carbocycles. The summed E-state index contributed by atoms with van der Waals surface area (Å²) < 4.78 is 10.1. The summed E-state index contributed by atoms with van der Waals surface area (Å²) in [4.78, 5) is 4.84. The Morgan fingerprint density at radius 3 is 2.88 bits per heavy atom. The van der Waals surface area contributed by atoms with Crippen LogP contribution in [-0.2, 0) is 0 Å². The lowest BCUT2D eigenvalue weighted by Crippen LogP contribution is -2.44. The maximum absolute atomic E-state index is 5.42. The van der Waals surface area contributed by atoms with Gasteiger partial charge in [0.25, 0.3) is 5.88 Å². The number of hydrogen-bond acceptors (Lipinski definition) is 5. The first-order valence-corrected chi connectivity index (χ1v) is 5.79. The number of nitrogens with zero attached hydrogens (tertiary/aromatic N) is 3. The number of piperazine rings is 1. The van der Waals surface area contributed by atoms with Gasteiger partial charge in [-0.25, -0.2) is 0 Å². The molecule has 0 unspecified atom stereocenters. The van der Waals surface area contributed by atoms with Crippen molar-refractivity contribution >= 4 is 0 Å².